The molecule has 2 N–H and O–H groups in total. The van der Waals surface area contributed by atoms with Crippen molar-refractivity contribution in [2.45, 2.75) is 25.3 Å². The molecule has 1 aliphatic heterocycles. The van der Waals surface area contributed by atoms with E-state index in [9.17, 15) is 13.2 Å². The molecule has 3 heterocycles. The van der Waals surface area contributed by atoms with Gasteiger partial charge in [-0.25, -0.2) is 0 Å². The summed E-state index contributed by atoms with van der Waals surface area (Å²) in [6.07, 6.45) is -4.46. The number of rotatable bonds is 3. The van der Waals surface area contributed by atoms with Crippen LogP contribution in [0.3, 0.4) is 0 Å². The van der Waals surface area contributed by atoms with Crippen LogP contribution in [-0.2, 0) is 19.3 Å². The molecule has 114 valence electrons. The lowest BCUT2D eigenvalue weighted by Crippen LogP contribution is -2.40. The molecule has 0 fully saturated rings. The molecular formula is C12H14F3N5S. The van der Waals surface area contributed by atoms with Crippen molar-refractivity contribution in [3.8, 4) is 0 Å². The summed E-state index contributed by atoms with van der Waals surface area (Å²) < 4.78 is 39.5. The largest absolute Gasteiger partial charge is 0.451 e. The van der Waals surface area contributed by atoms with Gasteiger partial charge in [0.25, 0.3) is 0 Å². The fraction of sp³-hybridized carbons (Fsp3) is 0.500. The average molecular weight is 317 g/mol. The molecule has 2 aromatic rings. The van der Waals surface area contributed by atoms with Crippen LogP contribution in [0.15, 0.2) is 17.5 Å². The van der Waals surface area contributed by atoms with E-state index in [0.29, 0.717) is 25.5 Å². The molecule has 0 aromatic carbocycles. The van der Waals surface area contributed by atoms with E-state index in [2.05, 4.69) is 15.1 Å². The second-order valence-electron chi connectivity index (χ2n) is 4.83. The SMILES string of the molecule is NCC(c1cccs1)N1CCn2c(nnc2C(F)(F)F)C1. The molecule has 0 bridgehead atoms. The summed E-state index contributed by atoms with van der Waals surface area (Å²) >= 11 is 1.60. The van der Waals surface area contributed by atoms with E-state index < -0.39 is 12.0 Å². The van der Waals surface area contributed by atoms with Crippen molar-refractivity contribution in [3.05, 3.63) is 34.0 Å². The first-order chi connectivity index (χ1) is 10.0. The number of fused-ring (bicyclic) bond motifs is 1. The Hall–Kier alpha value is -1.45. The molecule has 0 aliphatic carbocycles. The zero-order chi connectivity index (χ0) is 15.0. The third-order valence-electron chi connectivity index (χ3n) is 3.57. The smallest absolute Gasteiger partial charge is 0.329 e. The van der Waals surface area contributed by atoms with Gasteiger partial charge < -0.3 is 10.3 Å². The number of hydrogen-bond donors (Lipinski definition) is 1. The van der Waals surface area contributed by atoms with Crippen LogP contribution in [0.25, 0.3) is 0 Å². The fourth-order valence-electron chi connectivity index (χ4n) is 2.58. The highest BCUT2D eigenvalue weighted by Crippen LogP contribution is 2.32. The van der Waals surface area contributed by atoms with Crippen LogP contribution in [0.1, 0.15) is 22.6 Å². The monoisotopic (exact) mass is 317 g/mol. The first-order valence-electron chi connectivity index (χ1n) is 6.47. The highest BCUT2D eigenvalue weighted by molar-refractivity contribution is 7.10. The zero-order valence-corrected chi connectivity index (χ0v) is 11.9. The van der Waals surface area contributed by atoms with Crippen molar-refractivity contribution >= 4 is 11.3 Å². The summed E-state index contributed by atoms with van der Waals surface area (Å²) in [5.74, 6) is -0.582. The lowest BCUT2D eigenvalue weighted by Gasteiger charge is -2.33. The quantitative estimate of drug-likeness (QED) is 0.939. The fourth-order valence-corrected chi connectivity index (χ4v) is 3.45. The summed E-state index contributed by atoms with van der Waals surface area (Å²) in [7, 11) is 0. The summed E-state index contributed by atoms with van der Waals surface area (Å²) in [5.41, 5.74) is 5.83. The first-order valence-corrected chi connectivity index (χ1v) is 7.35. The van der Waals surface area contributed by atoms with E-state index in [-0.39, 0.29) is 12.6 Å². The van der Waals surface area contributed by atoms with Gasteiger partial charge in [-0.3, -0.25) is 4.90 Å². The maximum absolute atomic E-state index is 12.8. The van der Waals surface area contributed by atoms with Gasteiger partial charge in [-0.1, -0.05) is 6.07 Å². The van der Waals surface area contributed by atoms with E-state index in [1.54, 1.807) is 11.3 Å². The summed E-state index contributed by atoms with van der Waals surface area (Å²) in [6, 6.07) is 3.93. The number of thiophene rings is 1. The van der Waals surface area contributed by atoms with Crippen molar-refractivity contribution in [2.75, 3.05) is 13.1 Å². The third-order valence-corrected chi connectivity index (χ3v) is 4.55. The van der Waals surface area contributed by atoms with Gasteiger partial charge >= 0.3 is 6.18 Å². The molecular weight excluding hydrogens is 303 g/mol. The minimum absolute atomic E-state index is 0.00443. The van der Waals surface area contributed by atoms with Crippen molar-refractivity contribution in [2.24, 2.45) is 5.73 Å². The molecule has 0 saturated heterocycles. The van der Waals surface area contributed by atoms with Gasteiger partial charge in [0.15, 0.2) is 0 Å². The predicted molar refractivity (Wildman–Crippen MR) is 71.5 cm³/mol. The Morgan fingerprint density at radius 2 is 2.14 bits per heavy atom. The van der Waals surface area contributed by atoms with E-state index in [1.165, 1.54) is 0 Å². The summed E-state index contributed by atoms with van der Waals surface area (Å²) in [5, 5.41) is 8.93. The van der Waals surface area contributed by atoms with Crippen molar-refractivity contribution in [3.63, 3.8) is 0 Å². The molecule has 0 spiro atoms. The van der Waals surface area contributed by atoms with Gasteiger partial charge in [-0.2, -0.15) is 13.2 Å². The molecule has 3 rings (SSSR count). The van der Waals surface area contributed by atoms with Crippen molar-refractivity contribution in [1.82, 2.24) is 19.7 Å². The molecule has 9 heteroatoms. The number of aromatic nitrogens is 3. The lowest BCUT2D eigenvalue weighted by molar-refractivity contribution is -0.148. The van der Waals surface area contributed by atoms with Crippen LogP contribution in [-0.4, -0.2) is 32.8 Å². The van der Waals surface area contributed by atoms with Gasteiger partial charge in [0.2, 0.25) is 5.82 Å². The van der Waals surface area contributed by atoms with Crippen molar-refractivity contribution < 1.29 is 13.2 Å². The third kappa shape index (κ3) is 2.68. The number of hydrogen-bond acceptors (Lipinski definition) is 5. The van der Waals surface area contributed by atoms with Gasteiger partial charge in [0, 0.05) is 24.5 Å². The Bertz CT molecular complexity index is 607. The molecule has 5 nitrogen and oxygen atoms in total. The maximum atomic E-state index is 12.8. The number of nitrogens with two attached hydrogens (primary N) is 1. The van der Waals surface area contributed by atoms with E-state index >= 15 is 0 Å². The first kappa shape index (κ1) is 14.5. The van der Waals surface area contributed by atoms with Crippen molar-refractivity contribution in [1.29, 1.82) is 0 Å². The molecule has 1 aliphatic rings. The molecule has 21 heavy (non-hydrogen) atoms. The van der Waals surface area contributed by atoms with Crippen LogP contribution < -0.4 is 5.73 Å². The molecule has 1 atom stereocenters. The molecule has 0 saturated carbocycles. The lowest BCUT2D eigenvalue weighted by atomic mass is 10.2. The average Bonchev–Trinajstić information content (AvgIpc) is 3.06. The highest BCUT2D eigenvalue weighted by Gasteiger charge is 2.40. The van der Waals surface area contributed by atoms with Crippen LogP contribution >= 0.6 is 11.3 Å². The molecule has 0 radical (unpaired) electrons. The van der Waals surface area contributed by atoms with Crippen LogP contribution in [0, 0.1) is 0 Å². The standard InChI is InChI=1S/C12H14F3N5S/c13-12(14,15)11-18-17-10-7-19(3-4-20(10)11)8(6-16)9-2-1-5-21-9/h1-2,5,8H,3-4,6-7,16H2. The van der Waals surface area contributed by atoms with Crippen LogP contribution in [0.2, 0.25) is 0 Å². The topological polar surface area (TPSA) is 60.0 Å². The number of nitrogens with zero attached hydrogens (tertiary/aromatic N) is 4. The second-order valence-corrected chi connectivity index (χ2v) is 5.81. The van der Waals surface area contributed by atoms with Gasteiger partial charge in [-0.05, 0) is 11.4 Å². The normalized spacial score (nSPS) is 17.7. The Morgan fingerprint density at radius 1 is 1.33 bits per heavy atom. The van der Waals surface area contributed by atoms with Gasteiger partial charge in [0.05, 0.1) is 12.6 Å². The Balaban J connectivity index is 1.83. The van der Waals surface area contributed by atoms with Gasteiger partial charge in [-0.15, -0.1) is 21.5 Å². The summed E-state index contributed by atoms with van der Waals surface area (Å²) in [6.45, 7) is 1.45. The van der Waals surface area contributed by atoms with Crippen LogP contribution in [0.4, 0.5) is 13.2 Å². The Morgan fingerprint density at radius 3 is 2.76 bits per heavy atom. The second kappa shape index (κ2) is 5.39. The minimum atomic E-state index is -4.46. The Labute approximate surface area is 123 Å². The number of halogens is 3. The maximum Gasteiger partial charge on any atom is 0.451 e. The van der Waals surface area contributed by atoms with E-state index in [0.717, 1.165) is 9.44 Å². The van der Waals surface area contributed by atoms with E-state index in [4.69, 9.17) is 5.73 Å². The Kier molecular flexibility index (Phi) is 3.72. The zero-order valence-electron chi connectivity index (χ0n) is 11.0. The summed E-state index contributed by atoms with van der Waals surface area (Å²) in [4.78, 5) is 3.16. The molecule has 2 aromatic heterocycles. The van der Waals surface area contributed by atoms with Gasteiger partial charge in [0.1, 0.15) is 5.82 Å². The molecule has 1 unspecified atom stereocenters. The highest BCUT2D eigenvalue weighted by atomic mass is 32.1. The van der Waals surface area contributed by atoms with Crippen LogP contribution in [0.5, 0.6) is 0 Å². The minimum Gasteiger partial charge on any atom is -0.329 e. The molecule has 0 amide bonds. The van der Waals surface area contributed by atoms with E-state index in [1.807, 2.05) is 17.5 Å². The number of alkyl halides is 3. The predicted octanol–water partition coefficient (Wildman–Crippen LogP) is 1.87.